The van der Waals surface area contributed by atoms with Crippen molar-refractivity contribution in [2.45, 2.75) is 19.5 Å². The van der Waals surface area contributed by atoms with Crippen LogP contribution in [0.15, 0.2) is 77.6 Å². The number of nitrogens with one attached hydrogen (secondary N) is 1. The van der Waals surface area contributed by atoms with Gasteiger partial charge in [0.15, 0.2) is 5.82 Å². The third kappa shape index (κ3) is 5.15. The minimum Gasteiger partial charge on any atom is -0.369 e. The molecule has 1 saturated heterocycles. The van der Waals surface area contributed by atoms with Crippen LogP contribution in [0.2, 0.25) is 0 Å². The molecule has 0 saturated carbocycles. The van der Waals surface area contributed by atoms with Crippen LogP contribution in [0.4, 0.5) is 14.5 Å². The summed E-state index contributed by atoms with van der Waals surface area (Å²) < 4.78 is 28.6. The Morgan fingerprint density at radius 3 is 2.31 bits per heavy atom. The molecule has 0 spiro atoms. The van der Waals surface area contributed by atoms with Crippen LogP contribution in [0, 0.1) is 18.6 Å². The molecule has 0 radical (unpaired) electrons. The Labute approximate surface area is 223 Å². The Kier molecular flexibility index (Phi) is 6.62. The van der Waals surface area contributed by atoms with Gasteiger partial charge < -0.3 is 9.88 Å². The molecule has 5 aromatic rings. The summed E-state index contributed by atoms with van der Waals surface area (Å²) in [7, 11) is 0. The zero-order valence-corrected chi connectivity index (χ0v) is 21.4. The average Bonchev–Trinajstić information content (AvgIpc) is 3.39. The van der Waals surface area contributed by atoms with Crippen molar-refractivity contribution < 1.29 is 8.78 Å². The lowest BCUT2D eigenvalue weighted by molar-refractivity contribution is 0.200. The fourth-order valence-corrected chi connectivity index (χ4v) is 5.22. The lowest BCUT2D eigenvalue weighted by Crippen LogP contribution is -2.49. The lowest BCUT2D eigenvalue weighted by atomic mass is 10.0. The number of tetrazole rings is 1. The first-order valence-corrected chi connectivity index (χ1v) is 12.8. The molecule has 1 aliphatic heterocycles. The number of anilines is 1. The maximum atomic E-state index is 13.5. The van der Waals surface area contributed by atoms with Crippen molar-refractivity contribution in [3.8, 4) is 0 Å². The van der Waals surface area contributed by atoms with E-state index < -0.39 is 6.04 Å². The molecule has 3 aromatic carbocycles. The molecule has 2 aromatic heterocycles. The third-order valence-corrected chi connectivity index (χ3v) is 7.24. The molecule has 3 heterocycles. The van der Waals surface area contributed by atoms with Crippen molar-refractivity contribution in [1.82, 2.24) is 30.1 Å². The van der Waals surface area contributed by atoms with E-state index in [1.807, 2.05) is 31.2 Å². The Hall–Kier alpha value is -4.44. The highest BCUT2D eigenvalue weighted by Crippen LogP contribution is 2.29. The van der Waals surface area contributed by atoms with Crippen LogP contribution in [-0.4, -0.2) is 56.3 Å². The van der Waals surface area contributed by atoms with E-state index in [1.165, 1.54) is 24.3 Å². The van der Waals surface area contributed by atoms with Crippen molar-refractivity contribution in [3.63, 3.8) is 0 Å². The van der Waals surface area contributed by atoms with Crippen LogP contribution in [0.1, 0.15) is 28.6 Å². The number of benzene rings is 3. The van der Waals surface area contributed by atoms with E-state index in [2.05, 4.69) is 30.3 Å². The highest BCUT2D eigenvalue weighted by molar-refractivity contribution is 5.79. The molecule has 198 valence electrons. The van der Waals surface area contributed by atoms with Gasteiger partial charge in [0.2, 0.25) is 0 Å². The number of aryl methyl sites for hydroxylation is 1. The molecule has 6 rings (SSSR count). The fourth-order valence-electron chi connectivity index (χ4n) is 5.22. The average molecular weight is 528 g/mol. The van der Waals surface area contributed by atoms with Gasteiger partial charge in [-0.3, -0.25) is 9.69 Å². The molecular weight excluding hydrogens is 500 g/mol. The monoisotopic (exact) mass is 527 g/mol. The number of pyridine rings is 1. The smallest absolute Gasteiger partial charge is 0.253 e. The molecular formula is C29H27F2N7O. The van der Waals surface area contributed by atoms with Gasteiger partial charge in [0, 0.05) is 42.9 Å². The quantitative estimate of drug-likeness (QED) is 0.359. The molecule has 10 heteroatoms. The third-order valence-electron chi connectivity index (χ3n) is 7.24. The minimum absolute atomic E-state index is 0.200. The summed E-state index contributed by atoms with van der Waals surface area (Å²) >= 11 is 0. The van der Waals surface area contributed by atoms with Crippen LogP contribution >= 0.6 is 0 Å². The molecule has 1 aliphatic rings. The van der Waals surface area contributed by atoms with Gasteiger partial charge in [0.25, 0.3) is 5.56 Å². The second kappa shape index (κ2) is 10.4. The number of piperazine rings is 1. The van der Waals surface area contributed by atoms with Gasteiger partial charge in [-0.1, -0.05) is 23.8 Å². The van der Waals surface area contributed by atoms with E-state index in [-0.39, 0.29) is 17.2 Å². The zero-order chi connectivity index (χ0) is 26.9. The van der Waals surface area contributed by atoms with Crippen molar-refractivity contribution in [2.24, 2.45) is 0 Å². The number of halogens is 2. The van der Waals surface area contributed by atoms with E-state index in [1.54, 1.807) is 28.9 Å². The van der Waals surface area contributed by atoms with E-state index >= 15 is 0 Å². The fraction of sp³-hybridized carbons (Fsp3) is 0.241. The topological polar surface area (TPSA) is 82.9 Å². The van der Waals surface area contributed by atoms with Crippen LogP contribution in [-0.2, 0) is 6.54 Å². The number of H-pyrrole nitrogens is 1. The normalized spacial score (nSPS) is 15.1. The Morgan fingerprint density at radius 2 is 1.59 bits per heavy atom. The molecule has 39 heavy (non-hydrogen) atoms. The highest BCUT2D eigenvalue weighted by Gasteiger charge is 2.33. The van der Waals surface area contributed by atoms with Crippen molar-refractivity contribution >= 4 is 16.6 Å². The second-order valence-corrected chi connectivity index (χ2v) is 9.87. The zero-order valence-electron chi connectivity index (χ0n) is 21.4. The summed E-state index contributed by atoms with van der Waals surface area (Å²) in [6.45, 7) is 4.99. The molecule has 0 amide bonds. The van der Waals surface area contributed by atoms with Gasteiger partial charge in [0.05, 0.1) is 6.54 Å². The first-order valence-electron chi connectivity index (χ1n) is 12.8. The summed E-state index contributed by atoms with van der Waals surface area (Å²) in [5, 5.41) is 13.5. The SMILES string of the molecule is Cc1ccc2[nH]c(=O)c(C(c3nnnn3Cc3ccc(F)cc3)N3CCN(c4ccc(F)cc4)CC3)cc2c1. The number of nitrogens with zero attached hydrogens (tertiary/aromatic N) is 6. The van der Waals surface area contributed by atoms with Gasteiger partial charge in [-0.2, -0.15) is 0 Å². The molecule has 0 bridgehead atoms. The molecule has 0 aliphatic carbocycles. The Bertz CT molecular complexity index is 1660. The van der Waals surface area contributed by atoms with E-state index in [0.717, 1.165) is 27.7 Å². The summed E-state index contributed by atoms with van der Waals surface area (Å²) in [6, 6.07) is 20.0. The van der Waals surface area contributed by atoms with Gasteiger partial charge in [0.1, 0.15) is 17.7 Å². The van der Waals surface area contributed by atoms with Crippen LogP contribution in [0.5, 0.6) is 0 Å². The first-order chi connectivity index (χ1) is 18.9. The molecule has 1 atom stereocenters. The number of hydrogen-bond acceptors (Lipinski definition) is 6. The minimum atomic E-state index is -0.510. The van der Waals surface area contributed by atoms with Crippen LogP contribution < -0.4 is 10.5 Å². The molecule has 1 fully saturated rings. The van der Waals surface area contributed by atoms with Gasteiger partial charge >= 0.3 is 0 Å². The summed E-state index contributed by atoms with van der Waals surface area (Å²) in [4.78, 5) is 20.9. The standard InChI is InChI=1S/C29H27F2N7O/c1-19-2-11-26-21(16-19)17-25(29(39)32-26)27(28-33-34-35-38(28)18-20-3-5-22(30)6-4-20)37-14-12-36(13-15-37)24-9-7-23(31)8-10-24/h2-11,16-17,27H,12-15,18H2,1H3,(H,32,39). The largest absolute Gasteiger partial charge is 0.369 e. The van der Waals surface area contributed by atoms with E-state index in [4.69, 9.17) is 0 Å². The molecule has 8 nitrogen and oxygen atoms in total. The number of fused-ring (bicyclic) bond motifs is 1. The number of rotatable bonds is 6. The molecule has 1 N–H and O–H groups in total. The summed E-state index contributed by atoms with van der Waals surface area (Å²) in [5.74, 6) is -0.0474. The van der Waals surface area contributed by atoms with Crippen LogP contribution in [0.25, 0.3) is 10.9 Å². The summed E-state index contributed by atoms with van der Waals surface area (Å²) in [6.07, 6.45) is 0. The maximum Gasteiger partial charge on any atom is 0.253 e. The number of aromatic nitrogens is 5. The number of aromatic amines is 1. The van der Waals surface area contributed by atoms with Gasteiger partial charge in [-0.05, 0) is 82.9 Å². The summed E-state index contributed by atoms with van der Waals surface area (Å²) in [5.41, 5.74) is 4.00. The predicted molar refractivity (Wildman–Crippen MR) is 145 cm³/mol. The van der Waals surface area contributed by atoms with E-state index in [0.29, 0.717) is 44.1 Å². The van der Waals surface area contributed by atoms with Crippen LogP contribution in [0.3, 0.4) is 0 Å². The Morgan fingerprint density at radius 1 is 0.897 bits per heavy atom. The first kappa shape index (κ1) is 24.9. The van der Waals surface area contributed by atoms with Gasteiger partial charge in [-0.15, -0.1) is 5.10 Å². The van der Waals surface area contributed by atoms with Gasteiger partial charge in [-0.25, -0.2) is 13.5 Å². The predicted octanol–water partition coefficient (Wildman–Crippen LogP) is 4.06. The Balaban J connectivity index is 1.38. The highest BCUT2D eigenvalue weighted by atomic mass is 19.1. The van der Waals surface area contributed by atoms with Crippen molar-refractivity contribution in [1.29, 1.82) is 0 Å². The van der Waals surface area contributed by atoms with E-state index in [9.17, 15) is 13.6 Å². The maximum absolute atomic E-state index is 13.5. The second-order valence-electron chi connectivity index (χ2n) is 9.87. The lowest BCUT2D eigenvalue weighted by Gasteiger charge is -2.39. The number of hydrogen-bond donors (Lipinski definition) is 1. The van der Waals surface area contributed by atoms with Crippen molar-refractivity contribution in [3.05, 3.63) is 117 Å². The molecule has 1 unspecified atom stereocenters. The van der Waals surface area contributed by atoms with Crippen molar-refractivity contribution in [2.75, 3.05) is 31.1 Å².